The predicted octanol–water partition coefficient (Wildman–Crippen LogP) is 2.14. The van der Waals surface area contributed by atoms with E-state index in [9.17, 15) is 9.18 Å². The van der Waals surface area contributed by atoms with Crippen LogP contribution in [-0.4, -0.2) is 44.1 Å². The molecule has 6 heteroatoms. The van der Waals surface area contributed by atoms with Crippen molar-refractivity contribution in [1.29, 1.82) is 0 Å². The minimum absolute atomic E-state index is 0.116. The summed E-state index contributed by atoms with van der Waals surface area (Å²) in [5, 5.41) is 0. The summed E-state index contributed by atoms with van der Waals surface area (Å²) in [7, 11) is 1.66. The van der Waals surface area contributed by atoms with Gasteiger partial charge >= 0.3 is 0 Å². The Kier molecular flexibility index (Phi) is 5.71. The highest BCUT2D eigenvalue weighted by atomic mass is 79.9. The highest BCUT2D eigenvalue weighted by Gasteiger charge is 2.26. The Hall–Kier alpha value is -1.92. The summed E-state index contributed by atoms with van der Waals surface area (Å²) in [6.45, 7) is 4.03. The van der Waals surface area contributed by atoms with Gasteiger partial charge in [0.25, 0.3) is 5.91 Å². The van der Waals surface area contributed by atoms with Gasteiger partial charge in [0.05, 0.1) is 38.9 Å². The van der Waals surface area contributed by atoms with Gasteiger partial charge in [0.2, 0.25) is 0 Å². The number of methoxy groups -OCH3 is 1. The number of quaternary nitrogens is 1. The van der Waals surface area contributed by atoms with Crippen molar-refractivity contribution in [2.24, 2.45) is 0 Å². The van der Waals surface area contributed by atoms with E-state index in [0.717, 1.165) is 25.4 Å². The van der Waals surface area contributed by atoms with Gasteiger partial charge in [-0.15, -0.1) is 0 Å². The number of ether oxygens (including phenoxy) is 1. The number of hydrogen-bond donors (Lipinski definition) is 1. The number of rotatable bonds is 4. The number of carbonyl (C=O) groups is 1. The Morgan fingerprint density at radius 2 is 1.88 bits per heavy atom. The molecule has 0 spiro atoms. The molecular weight excluding hydrogens is 387 g/mol. The van der Waals surface area contributed by atoms with Crippen LogP contribution in [0.1, 0.15) is 15.9 Å². The quantitative estimate of drug-likeness (QED) is 0.842. The zero-order chi connectivity index (χ0) is 17.8. The smallest absolute Gasteiger partial charge is 0.255 e. The third-order valence-corrected chi connectivity index (χ3v) is 5.22. The lowest BCUT2D eigenvalue weighted by Crippen LogP contribution is -3.13. The molecule has 0 aliphatic carbocycles. The first kappa shape index (κ1) is 17.9. The van der Waals surface area contributed by atoms with Gasteiger partial charge in [0, 0.05) is 10.0 Å². The van der Waals surface area contributed by atoms with E-state index >= 15 is 0 Å². The van der Waals surface area contributed by atoms with E-state index in [-0.39, 0.29) is 5.91 Å². The molecule has 0 bridgehead atoms. The molecule has 1 amide bonds. The molecule has 1 fully saturated rings. The van der Waals surface area contributed by atoms with Crippen molar-refractivity contribution in [1.82, 2.24) is 4.90 Å². The van der Waals surface area contributed by atoms with Crippen molar-refractivity contribution in [2.45, 2.75) is 6.54 Å². The second-order valence-corrected chi connectivity index (χ2v) is 7.05. The predicted molar refractivity (Wildman–Crippen MR) is 97.4 cm³/mol. The molecule has 132 valence electrons. The average molecular weight is 408 g/mol. The third kappa shape index (κ3) is 4.38. The largest absolute Gasteiger partial charge is 0.497 e. The Morgan fingerprint density at radius 3 is 2.52 bits per heavy atom. The molecule has 2 aromatic carbocycles. The van der Waals surface area contributed by atoms with Crippen molar-refractivity contribution in [2.75, 3.05) is 33.3 Å². The molecule has 0 atom stereocenters. The first-order chi connectivity index (χ1) is 12.1. The van der Waals surface area contributed by atoms with Crippen molar-refractivity contribution >= 4 is 21.8 Å². The highest BCUT2D eigenvalue weighted by Crippen LogP contribution is 2.19. The van der Waals surface area contributed by atoms with Crippen LogP contribution in [0.3, 0.4) is 0 Å². The van der Waals surface area contributed by atoms with Gasteiger partial charge in [-0.05, 0) is 58.4 Å². The molecule has 4 nitrogen and oxygen atoms in total. The van der Waals surface area contributed by atoms with Crippen molar-refractivity contribution < 1.29 is 18.8 Å². The van der Waals surface area contributed by atoms with E-state index in [1.165, 1.54) is 22.6 Å². The molecule has 3 rings (SSSR count). The zero-order valence-corrected chi connectivity index (χ0v) is 15.7. The molecule has 1 aliphatic rings. The second kappa shape index (κ2) is 7.97. The second-order valence-electron chi connectivity index (χ2n) is 6.19. The van der Waals surface area contributed by atoms with Crippen LogP contribution in [0.2, 0.25) is 0 Å². The van der Waals surface area contributed by atoms with Gasteiger partial charge in [0.15, 0.2) is 0 Å². The average Bonchev–Trinajstić information content (AvgIpc) is 2.64. The minimum Gasteiger partial charge on any atom is -0.497 e. The van der Waals surface area contributed by atoms with Crippen LogP contribution in [-0.2, 0) is 6.54 Å². The number of halogens is 2. The summed E-state index contributed by atoms with van der Waals surface area (Å²) in [4.78, 5) is 15.9. The zero-order valence-electron chi connectivity index (χ0n) is 14.1. The fraction of sp³-hybridized carbons (Fsp3) is 0.316. The van der Waals surface area contributed by atoms with Gasteiger partial charge in [-0.1, -0.05) is 0 Å². The Bertz CT molecular complexity index is 744. The van der Waals surface area contributed by atoms with Crippen LogP contribution in [0, 0.1) is 5.82 Å². The van der Waals surface area contributed by atoms with Crippen molar-refractivity contribution in [3.8, 4) is 5.75 Å². The minimum atomic E-state index is -0.393. The summed E-state index contributed by atoms with van der Waals surface area (Å²) in [6, 6.07) is 12.3. The van der Waals surface area contributed by atoms with E-state index in [4.69, 9.17) is 4.74 Å². The topological polar surface area (TPSA) is 34.0 Å². The number of benzene rings is 2. The normalized spacial score (nSPS) is 15.2. The lowest BCUT2D eigenvalue weighted by Gasteiger charge is -2.32. The van der Waals surface area contributed by atoms with Crippen LogP contribution in [0.15, 0.2) is 46.9 Å². The maximum atomic E-state index is 13.4. The lowest BCUT2D eigenvalue weighted by molar-refractivity contribution is -0.917. The standard InChI is InChI=1S/C19H20BrFN2O2/c1-25-16-5-2-14(3-6-16)13-22-8-10-23(11-9-22)19(24)17-12-15(21)4-7-18(17)20/h2-7,12H,8-11,13H2,1H3/p+1. The summed E-state index contributed by atoms with van der Waals surface area (Å²) in [6.07, 6.45) is 0. The molecule has 2 aromatic rings. The molecule has 0 unspecified atom stereocenters. The van der Waals surface area contributed by atoms with Crippen LogP contribution in [0.25, 0.3) is 0 Å². The monoisotopic (exact) mass is 407 g/mol. The summed E-state index contributed by atoms with van der Waals surface area (Å²) >= 11 is 3.34. The number of carbonyl (C=O) groups excluding carboxylic acids is 1. The van der Waals surface area contributed by atoms with Crippen molar-refractivity contribution in [3.05, 3.63) is 63.9 Å². The molecule has 25 heavy (non-hydrogen) atoms. The number of amides is 1. The maximum absolute atomic E-state index is 13.4. The van der Waals surface area contributed by atoms with Crippen LogP contribution in [0.4, 0.5) is 4.39 Å². The number of nitrogens with zero attached hydrogens (tertiary/aromatic N) is 1. The van der Waals surface area contributed by atoms with Crippen LogP contribution in [0.5, 0.6) is 5.75 Å². The molecule has 1 saturated heterocycles. The van der Waals surface area contributed by atoms with Gasteiger partial charge < -0.3 is 14.5 Å². The maximum Gasteiger partial charge on any atom is 0.255 e. The van der Waals surface area contributed by atoms with Crippen LogP contribution >= 0.6 is 15.9 Å². The van der Waals surface area contributed by atoms with E-state index in [1.807, 2.05) is 12.1 Å². The Balaban J connectivity index is 1.57. The molecule has 0 aromatic heterocycles. The Labute approximate surface area is 155 Å². The number of nitrogens with one attached hydrogen (secondary N) is 1. The molecule has 1 aliphatic heterocycles. The fourth-order valence-corrected chi connectivity index (χ4v) is 3.48. The third-order valence-electron chi connectivity index (χ3n) is 4.53. The lowest BCUT2D eigenvalue weighted by atomic mass is 10.1. The molecule has 0 radical (unpaired) electrons. The van der Waals surface area contributed by atoms with Gasteiger partial charge in [-0.25, -0.2) is 4.39 Å². The van der Waals surface area contributed by atoms with E-state index in [0.29, 0.717) is 23.1 Å². The highest BCUT2D eigenvalue weighted by molar-refractivity contribution is 9.10. The molecule has 1 N–H and O–H groups in total. The first-order valence-corrected chi connectivity index (χ1v) is 9.07. The SMILES string of the molecule is COc1ccc(C[NH+]2CCN(C(=O)c3cc(F)ccc3Br)CC2)cc1. The van der Waals surface area contributed by atoms with Gasteiger partial charge in [0.1, 0.15) is 18.1 Å². The van der Waals surface area contributed by atoms with Gasteiger partial charge in [-0.3, -0.25) is 4.79 Å². The summed E-state index contributed by atoms with van der Waals surface area (Å²) < 4.78 is 19.2. The molecule has 0 saturated carbocycles. The number of piperazine rings is 1. The number of hydrogen-bond acceptors (Lipinski definition) is 2. The molecule has 1 heterocycles. The van der Waals surface area contributed by atoms with E-state index < -0.39 is 5.82 Å². The molecular formula is C19H21BrFN2O2+. The first-order valence-electron chi connectivity index (χ1n) is 8.27. The van der Waals surface area contributed by atoms with E-state index in [2.05, 4.69) is 28.1 Å². The summed E-state index contributed by atoms with van der Waals surface area (Å²) in [5.74, 6) is 0.347. The van der Waals surface area contributed by atoms with Crippen LogP contribution < -0.4 is 9.64 Å². The Morgan fingerprint density at radius 1 is 1.20 bits per heavy atom. The fourth-order valence-electron chi connectivity index (χ4n) is 3.07. The summed E-state index contributed by atoms with van der Waals surface area (Å²) in [5.41, 5.74) is 1.64. The van der Waals surface area contributed by atoms with Gasteiger partial charge in [-0.2, -0.15) is 0 Å². The van der Waals surface area contributed by atoms with Crippen molar-refractivity contribution in [3.63, 3.8) is 0 Å². The van der Waals surface area contributed by atoms with E-state index in [1.54, 1.807) is 18.1 Å².